The lowest BCUT2D eigenvalue weighted by Crippen LogP contribution is -2.31. The Morgan fingerprint density at radius 1 is 1.29 bits per heavy atom. The largest absolute Gasteiger partial charge is 0.296 e. The van der Waals surface area contributed by atoms with Gasteiger partial charge in [0.2, 0.25) is 0 Å². The van der Waals surface area contributed by atoms with Gasteiger partial charge in [0.25, 0.3) is 0 Å². The van der Waals surface area contributed by atoms with E-state index in [-0.39, 0.29) is 5.78 Å². The Hall–Kier alpha value is -0.860. The number of nitrogens with zero attached hydrogens (tertiary/aromatic N) is 1. The van der Waals surface area contributed by atoms with Gasteiger partial charge >= 0.3 is 0 Å². The first-order valence-corrected chi connectivity index (χ1v) is 8.25. The molecule has 116 valence electrons. The maximum atomic E-state index is 12.4. The number of ketones is 1. The third-order valence-electron chi connectivity index (χ3n) is 4.56. The summed E-state index contributed by atoms with van der Waals surface area (Å²) in [4.78, 5) is 14.7. The predicted octanol–water partition coefficient (Wildman–Crippen LogP) is 4.67. The molecule has 1 aliphatic rings. The highest BCUT2D eigenvalue weighted by Crippen LogP contribution is 2.34. The summed E-state index contributed by atoms with van der Waals surface area (Å²) in [6.45, 7) is 9.53. The van der Waals surface area contributed by atoms with Crippen molar-refractivity contribution in [1.82, 2.24) is 4.90 Å². The fourth-order valence-electron chi connectivity index (χ4n) is 3.14. The summed E-state index contributed by atoms with van der Waals surface area (Å²) in [5, 5.41) is 0.629. The molecule has 1 fully saturated rings. The summed E-state index contributed by atoms with van der Waals surface area (Å²) in [6, 6.07) is 7.26. The highest BCUT2D eigenvalue weighted by molar-refractivity contribution is 6.31. The molecule has 0 N–H and O–H groups in total. The van der Waals surface area contributed by atoms with Gasteiger partial charge < -0.3 is 0 Å². The molecule has 1 saturated heterocycles. The van der Waals surface area contributed by atoms with E-state index in [1.807, 2.05) is 12.1 Å². The summed E-state index contributed by atoms with van der Waals surface area (Å²) in [5.41, 5.74) is 1.09. The Bertz CT molecular complexity index is 492. The number of benzene rings is 1. The van der Waals surface area contributed by atoms with Crippen LogP contribution >= 0.6 is 11.6 Å². The van der Waals surface area contributed by atoms with Crippen LogP contribution in [-0.4, -0.2) is 30.3 Å². The highest BCUT2D eigenvalue weighted by atomic mass is 35.5. The SMILES string of the molecule is CC(C)(C)C1CCCN(CC(=O)c2cccc(Cl)c2)CC1. The molecule has 3 heteroatoms. The third kappa shape index (κ3) is 4.82. The first-order chi connectivity index (χ1) is 9.86. The van der Waals surface area contributed by atoms with Crippen LogP contribution in [0.1, 0.15) is 50.4 Å². The van der Waals surface area contributed by atoms with Crippen molar-refractivity contribution in [3.05, 3.63) is 34.9 Å². The second kappa shape index (κ2) is 6.93. The van der Waals surface area contributed by atoms with Crippen molar-refractivity contribution in [3.63, 3.8) is 0 Å². The number of Topliss-reactive ketones (excluding diaryl/α,β-unsaturated/α-hetero) is 1. The van der Waals surface area contributed by atoms with Gasteiger partial charge in [-0.1, -0.05) is 44.5 Å². The molecule has 0 aliphatic carbocycles. The van der Waals surface area contributed by atoms with Crippen molar-refractivity contribution in [3.8, 4) is 0 Å². The molecule has 1 atom stereocenters. The summed E-state index contributed by atoms with van der Waals surface area (Å²) in [5.74, 6) is 0.926. The predicted molar refractivity (Wildman–Crippen MR) is 89.0 cm³/mol. The van der Waals surface area contributed by atoms with Gasteiger partial charge in [0, 0.05) is 10.6 Å². The average Bonchev–Trinajstić information content (AvgIpc) is 2.64. The second-order valence-corrected chi connectivity index (χ2v) is 7.64. The first-order valence-electron chi connectivity index (χ1n) is 7.87. The smallest absolute Gasteiger partial charge is 0.176 e. The number of hydrogen-bond acceptors (Lipinski definition) is 2. The maximum Gasteiger partial charge on any atom is 0.176 e. The monoisotopic (exact) mass is 307 g/mol. The normalized spacial score (nSPS) is 21.0. The van der Waals surface area contributed by atoms with Gasteiger partial charge in [-0.15, -0.1) is 0 Å². The zero-order valence-corrected chi connectivity index (χ0v) is 14.1. The van der Waals surface area contributed by atoms with E-state index < -0.39 is 0 Å². The quantitative estimate of drug-likeness (QED) is 0.756. The number of likely N-dealkylation sites (tertiary alicyclic amines) is 1. The zero-order valence-electron chi connectivity index (χ0n) is 13.4. The molecular weight excluding hydrogens is 282 g/mol. The van der Waals surface area contributed by atoms with Gasteiger partial charge in [-0.25, -0.2) is 0 Å². The topological polar surface area (TPSA) is 20.3 Å². The number of rotatable bonds is 3. The van der Waals surface area contributed by atoms with Crippen LogP contribution in [0.3, 0.4) is 0 Å². The zero-order chi connectivity index (χ0) is 15.5. The molecule has 0 bridgehead atoms. The Morgan fingerprint density at radius 2 is 2.05 bits per heavy atom. The molecule has 1 heterocycles. The van der Waals surface area contributed by atoms with Crippen LogP contribution in [0.5, 0.6) is 0 Å². The van der Waals surface area contributed by atoms with E-state index in [1.54, 1.807) is 12.1 Å². The van der Waals surface area contributed by atoms with Gasteiger partial charge in [-0.2, -0.15) is 0 Å². The van der Waals surface area contributed by atoms with E-state index in [1.165, 1.54) is 19.3 Å². The molecule has 1 unspecified atom stereocenters. The molecule has 0 saturated carbocycles. The van der Waals surface area contributed by atoms with E-state index in [0.717, 1.165) is 24.6 Å². The summed E-state index contributed by atoms with van der Waals surface area (Å²) in [6.07, 6.45) is 3.64. The van der Waals surface area contributed by atoms with Crippen LogP contribution in [0.2, 0.25) is 5.02 Å². The molecule has 1 aliphatic heterocycles. The molecule has 0 aromatic heterocycles. The van der Waals surface area contributed by atoms with Crippen LogP contribution in [0, 0.1) is 11.3 Å². The Morgan fingerprint density at radius 3 is 2.71 bits per heavy atom. The number of carbonyl (C=O) groups is 1. The minimum Gasteiger partial charge on any atom is -0.296 e. The molecule has 2 nitrogen and oxygen atoms in total. The first kappa shape index (κ1) is 16.5. The lowest BCUT2D eigenvalue weighted by Gasteiger charge is -2.29. The number of carbonyl (C=O) groups excluding carboxylic acids is 1. The average molecular weight is 308 g/mol. The molecule has 2 rings (SSSR count). The molecule has 21 heavy (non-hydrogen) atoms. The van der Waals surface area contributed by atoms with Gasteiger partial charge in [0.1, 0.15) is 0 Å². The molecule has 1 aromatic carbocycles. The molecular formula is C18H26ClNO. The Labute approximate surface area is 133 Å². The van der Waals surface area contributed by atoms with Crippen LogP contribution in [-0.2, 0) is 0 Å². The third-order valence-corrected chi connectivity index (χ3v) is 4.79. The summed E-state index contributed by atoms with van der Waals surface area (Å²) in [7, 11) is 0. The summed E-state index contributed by atoms with van der Waals surface area (Å²) < 4.78 is 0. The molecule has 1 aromatic rings. The van der Waals surface area contributed by atoms with Gasteiger partial charge in [0.15, 0.2) is 5.78 Å². The van der Waals surface area contributed by atoms with Crippen LogP contribution in [0.4, 0.5) is 0 Å². The van der Waals surface area contributed by atoms with E-state index in [4.69, 9.17) is 11.6 Å². The number of halogens is 1. The minimum absolute atomic E-state index is 0.173. The van der Waals surface area contributed by atoms with Crippen molar-refractivity contribution in [2.75, 3.05) is 19.6 Å². The highest BCUT2D eigenvalue weighted by Gasteiger charge is 2.27. The van der Waals surface area contributed by atoms with Crippen molar-refractivity contribution in [2.45, 2.75) is 40.0 Å². The maximum absolute atomic E-state index is 12.4. The number of hydrogen-bond donors (Lipinski definition) is 0. The van der Waals surface area contributed by atoms with E-state index >= 15 is 0 Å². The fraction of sp³-hybridized carbons (Fsp3) is 0.611. The van der Waals surface area contributed by atoms with Gasteiger partial charge in [-0.3, -0.25) is 9.69 Å². The van der Waals surface area contributed by atoms with Gasteiger partial charge in [0.05, 0.1) is 6.54 Å². The van der Waals surface area contributed by atoms with Crippen LogP contribution in [0.15, 0.2) is 24.3 Å². The molecule has 0 amide bonds. The van der Waals surface area contributed by atoms with E-state index in [0.29, 0.717) is 17.0 Å². The lowest BCUT2D eigenvalue weighted by atomic mass is 9.77. The lowest BCUT2D eigenvalue weighted by molar-refractivity contribution is 0.0930. The second-order valence-electron chi connectivity index (χ2n) is 7.20. The van der Waals surface area contributed by atoms with Crippen LogP contribution in [0.25, 0.3) is 0 Å². The minimum atomic E-state index is 0.173. The van der Waals surface area contributed by atoms with Crippen molar-refractivity contribution < 1.29 is 4.79 Å². The Balaban J connectivity index is 1.93. The van der Waals surface area contributed by atoms with E-state index in [2.05, 4.69) is 25.7 Å². The van der Waals surface area contributed by atoms with Crippen molar-refractivity contribution in [1.29, 1.82) is 0 Å². The Kier molecular flexibility index (Phi) is 5.45. The molecule has 0 radical (unpaired) electrons. The van der Waals surface area contributed by atoms with Crippen molar-refractivity contribution in [2.24, 2.45) is 11.3 Å². The standard InChI is InChI=1S/C18H26ClNO/c1-18(2,3)15-7-5-10-20(11-9-15)13-17(21)14-6-4-8-16(19)12-14/h4,6,8,12,15H,5,7,9-11,13H2,1-3H3. The van der Waals surface area contributed by atoms with Crippen LogP contribution < -0.4 is 0 Å². The van der Waals surface area contributed by atoms with Gasteiger partial charge in [-0.05, 0) is 55.8 Å². The molecule has 0 spiro atoms. The fourth-order valence-corrected chi connectivity index (χ4v) is 3.33. The van der Waals surface area contributed by atoms with Crippen molar-refractivity contribution >= 4 is 17.4 Å². The van der Waals surface area contributed by atoms with E-state index in [9.17, 15) is 4.79 Å². The summed E-state index contributed by atoms with van der Waals surface area (Å²) >= 11 is 5.96.